The highest BCUT2D eigenvalue weighted by atomic mass is 32.2. The van der Waals surface area contributed by atoms with E-state index in [0.29, 0.717) is 19.1 Å². The van der Waals surface area contributed by atoms with E-state index in [9.17, 15) is 23.1 Å². The van der Waals surface area contributed by atoms with Gasteiger partial charge >= 0.3 is 6.36 Å². The van der Waals surface area contributed by atoms with Crippen LogP contribution in [0.4, 0.5) is 13.2 Å². The molecule has 0 spiro atoms. The number of halogens is 3. The molecule has 1 heterocycles. The number of carbonyl (C=O) groups is 1. The van der Waals surface area contributed by atoms with Crippen LogP contribution in [-0.2, 0) is 4.79 Å². The Bertz CT molecular complexity index is 1010. The number of ether oxygens (including phenoxy) is 1. The van der Waals surface area contributed by atoms with Crippen LogP contribution in [0.3, 0.4) is 0 Å². The quantitative estimate of drug-likeness (QED) is 0.0971. The molecular formula is C27H42F3N5O3S. The Balaban J connectivity index is 0.00000269. The zero-order valence-electron chi connectivity index (χ0n) is 23.9. The summed E-state index contributed by atoms with van der Waals surface area (Å²) in [7, 11) is 7.24. The van der Waals surface area contributed by atoms with Gasteiger partial charge in [-0.2, -0.15) is 0 Å². The molecule has 220 valence electrons. The summed E-state index contributed by atoms with van der Waals surface area (Å²) in [6, 6.07) is 2.32. The van der Waals surface area contributed by atoms with Crippen molar-refractivity contribution < 1.29 is 27.8 Å². The predicted octanol–water partition coefficient (Wildman–Crippen LogP) is 5.42. The maximum absolute atomic E-state index is 13.2. The largest absolute Gasteiger partial charge is 0.573 e. The average Bonchev–Trinajstić information content (AvgIpc) is 2.74. The van der Waals surface area contributed by atoms with Gasteiger partial charge in [-0.3, -0.25) is 10.2 Å². The van der Waals surface area contributed by atoms with Gasteiger partial charge in [0.25, 0.3) is 0 Å². The van der Waals surface area contributed by atoms with E-state index in [4.69, 9.17) is 10.8 Å². The first-order valence-corrected chi connectivity index (χ1v) is 12.9. The number of allylic oxidation sites excluding steroid dienone is 3. The summed E-state index contributed by atoms with van der Waals surface area (Å²) in [6.45, 7) is 10.7. The van der Waals surface area contributed by atoms with E-state index < -0.39 is 17.9 Å². The maximum atomic E-state index is 13.2. The molecule has 0 bridgehead atoms. The molecule has 0 radical (unpaired) electrons. The molecule has 1 aromatic carbocycles. The molecule has 1 aromatic rings. The number of nitrogens with one attached hydrogen (secondary N) is 4. The van der Waals surface area contributed by atoms with Crippen molar-refractivity contribution in [3.8, 4) is 11.5 Å². The molecule has 12 heteroatoms. The summed E-state index contributed by atoms with van der Waals surface area (Å²) < 4.78 is 43.9. The van der Waals surface area contributed by atoms with Crippen molar-refractivity contribution in [3.05, 3.63) is 41.6 Å². The van der Waals surface area contributed by atoms with E-state index in [1.54, 1.807) is 25.2 Å². The van der Waals surface area contributed by atoms with E-state index in [2.05, 4.69) is 22.1 Å². The van der Waals surface area contributed by atoms with Crippen molar-refractivity contribution in [2.75, 3.05) is 28.2 Å². The van der Waals surface area contributed by atoms with E-state index in [1.807, 2.05) is 41.8 Å². The van der Waals surface area contributed by atoms with Crippen molar-refractivity contribution in [1.82, 2.24) is 15.5 Å². The summed E-state index contributed by atoms with van der Waals surface area (Å²) in [6.07, 6.45) is 1.17. The summed E-state index contributed by atoms with van der Waals surface area (Å²) >= 11 is 1.12. The van der Waals surface area contributed by atoms with E-state index in [1.165, 1.54) is 18.2 Å². The lowest BCUT2D eigenvalue weighted by molar-refractivity contribution is -0.274. The summed E-state index contributed by atoms with van der Waals surface area (Å²) in [5.41, 5.74) is -0.345. The first-order chi connectivity index (χ1) is 17.9. The lowest BCUT2D eigenvalue weighted by atomic mass is 9.82. The molecule has 2 rings (SSSR count). The Morgan fingerprint density at radius 1 is 1.21 bits per heavy atom. The number of phenolic OH excluding ortho intramolecular Hbond substituents is 1. The topological polar surface area (TPSA) is 122 Å². The second-order valence-electron chi connectivity index (χ2n) is 10.3. The highest BCUT2D eigenvalue weighted by Gasteiger charge is 2.39. The fourth-order valence-electron chi connectivity index (χ4n) is 4.29. The summed E-state index contributed by atoms with van der Waals surface area (Å²) in [4.78, 5) is 12.8. The van der Waals surface area contributed by atoms with Crippen molar-refractivity contribution >= 4 is 35.4 Å². The number of rotatable bonds is 7. The number of hydrogen-bond acceptors (Lipinski definition) is 9. The lowest BCUT2D eigenvalue weighted by Gasteiger charge is -2.46. The molecule has 5 N–H and O–H groups in total. The number of nitrogens with zero attached hydrogens (tertiary/aromatic N) is 1. The first kappa shape index (κ1) is 36.2. The second kappa shape index (κ2) is 15.7. The van der Waals surface area contributed by atoms with Crippen LogP contribution in [-0.4, -0.2) is 78.9 Å². The van der Waals surface area contributed by atoms with Crippen LogP contribution in [0.5, 0.6) is 11.5 Å². The van der Waals surface area contributed by atoms with Crippen LogP contribution < -0.4 is 15.4 Å². The van der Waals surface area contributed by atoms with Crippen molar-refractivity contribution in [1.29, 1.82) is 10.8 Å². The van der Waals surface area contributed by atoms with Gasteiger partial charge in [0.1, 0.15) is 22.8 Å². The normalized spacial score (nSPS) is 16.8. The van der Waals surface area contributed by atoms with Crippen LogP contribution in [0.15, 0.2) is 30.5 Å². The molecule has 0 atom stereocenters. The first-order valence-electron chi connectivity index (χ1n) is 12.1. The standard InChI is InChI=1S/C24H32F3N3O3S.C2H7N.CH3N/c1-22(2)13-17(14-23(3,4)29-22)34-21(28)20-18(32)11-16(12-19(20)33-24(25,26)27)15(8-10-31)7-9-30(5)6;1-3-2;1-2/h7-12,17,28-29,32H,13-14H2,1-6H3;3H,1-2H3;2H,1H2/b9-7-,15-8+,28-21?;;. The number of piperidine rings is 1. The van der Waals surface area contributed by atoms with Crippen LogP contribution in [0, 0.1) is 10.8 Å². The zero-order chi connectivity index (χ0) is 30.6. The maximum Gasteiger partial charge on any atom is 0.573 e. The Kier molecular flexibility index (Phi) is 14.5. The Labute approximate surface area is 234 Å². The molecule has 0 unspecified atom stereocenters. The third-order valence-corrected chi connectivity index (χ3v) is 6.21. The number of benzene rings is 1. The van der Waals surface area contributed by atoms with Crippen molar-refractivity contribution in [3.63, 3.8) is 0 Å². The number of hydrogen-bond donors (Lipinski definition) is 5. The SMILES string of the molecule is C=N.CN(C)/C=C\C(=C/C=O)c1cc(O)c(C(=N)SC2CC(C)(C)NC(C)(C)C2)c(OC(F)(F)F)c1.CNC. The molecule has 39 heavy (non-hydrogen) atoms. The Morgan fingerprint density at radius 2 is 1.72 bits per heavy atom. The minimum Gasteiger partial charge on any atom is -0.507 e. The van der Waals surface area contributed by atoms with Crippen LogP contribution in [0.25, 0.3) is 5.57 Å². The molecular weight excluding hydrogens is 531 g/mol. The van der Waals surface area contributed by atoms with E-state index in [-0.39, 0.29) is 38.1 Å². The molecule has 0 saturated carbocycles. The Hall–Kier alpha value is -2.83. The molecule has 0 aromatic heterocycles. The van der Waals surface area contributed by atoms with Crippen molar-refractivity contribution in [2.24, 2.45) is 0 Å². The summed E-state index contributed by atoms with van der Waals surface area (Å²) in [5, 5.41) is 30.8. The molecule has 0 aliphatic carbocycles. The molecule has 1 aliphatic heterocycles. The number of aromatic hydroxyl groups is 1. The molecule has 8 nitrogen and oxygen atoms in total. The molecule has 1 aliphatic rings. The van der Waals surface area contributed by atoms with Gasteiger partial charge in [0, 0.05) is 30.4 Å². The minimum atomic E-state index is -5.03. The average molecular weight is 574 g/mol. The van der Waals surface area contributed by atoms with Crippen LogP contribution in [0.2, 0.25) is 0 Å². The van der Waals surface area contributed by atoms with Gasteiger partial charge < -0.3 is 30.8 Å². The number of carbonyl (C=O) groups excluding carboxylic acids is 1. The highest BCUT2D eigenvalue weighted by molar-refractivity contribution is 8.14. The third-order valence-electron chi connectivity index (χ3n) is 5.10. The van der Waals surface area contributed by atoms with Crippen LogP contribution >= 0.6 is 11.8 Å². The zero-order valence-corrected chi connectivity index (χ0v) is 24.7. The van der Waals surface area contributed by atoms with Gasteiger partial charge in [-0.15, -0.1) is 24.9 Å². The fourth-order valence-corrected chi connectivity index (χ4v) is 5.95. The highest BCUT2D eigenvalue weighted by Crippen LogP contribution is 2.42. The molecule has 1 saturated heterocycles. The molecule has 1 fully saturated rings. The van der Waals surface area contributed by atoms with Gasteiger partial charge in [-0.05, 0) is 103 Å². The fraction of sp³-hybridized carbons (Fsp3) is 0.519. The van der Waals surface area contributed by atoms with Crippen LogP contribution in [0.1, 0.15) is 51.7 Å². The van der Waals surface area contributed by atoms with E-state index >= 15 is 0 Å². The number of aldehydes is 1. The summed E-state index contributed by atoms with van der Waals surface area (Å²) in [5.74, 6) is -1.22. The van der Waals surface area contributed by atoms with Crippen molar-refractivity contribution in [2.45, 2.75) is 63.2 Å². The number of thioether (sulfide) groups is 1. The third kappa shape index (κ3) is 13.2. The second-order valence-corrected chi connectivity index (χ2v) is 11.6. The minimum absolute atomic E-state index is 0.0508. The smallest absolute Gasteiger partial charge is 0.507 e. The predicted molar refractivity (Wildman–Crippen MR) is 155 cm³/mol. The monoisotopic (exact) mass is 573 g/mol. The van der Waals surface area contributed by atoms with Gasteiger partial charge in [0.05, 0.1) is 5.56 Å². The van der Waals surface area contributed by atoms with Gasteiger partial charge in [0.2, 0.25) is 0 Å². The van der Waals surface area contributed by atoms with Gasteiger partial charge in [-0.1, -0.05) is 0 Å². The number of phenols is 1. The van der Waals surface area contributed by atoms with E-state index in [0.717, 1.165) is 17.8 Å². The molecule has 0 amide bonds. The Morgan fingerprint density at radius 3 is 2.15 bits per heavy atom. The lowest BCUT2D eigenvalue weighted by Crippen LogP contribution is -2.58. The number of alkyl halides is 3. The van der Waals surface area contributed by atoms with Gasteiger partial charge in [-0.25, -0.2) is 0 Å². The van der Waals surface area contributed by atoms with Gasteiger partial charge in [0.15, 0.2) is 0 Å².